The topological polar surface area (TPSA) is 62.2 Å². The zero-order valence-corrected chi connectivity index (χ0v) is 14.3. The molecule has 8 heteroatoms. The Morgan fingerprint density at radius 1 is 1.16 bits per heavy atom. The SMILES string of the molecule is CC.CNc1nc(Nc2ccc3c(c2)=NCCC=3)ncc1C(F)(F)F. The van der Waals surface area contributed by atoms with Crippen LogP contribution in [-0.2, 0) is 6.18 Å². The van der Waals surface area contributed by atoms with Gasteiger partial charge in [-0.3, -0.25) is 4.99 Å². The summed E-state index contributed by atoms with van der Waals surface area (Å²) in [6.45, 7) is 4.73. The quantitative estimate of drug-likeness (QED) is 0.892. The number of hydrogen-bond donors (Lipinski definition) is 2. The van der Waals surface area contributed by atoms with Gasteiger partial charge >= 0.3 is 6.18 Å². The van der Waals surface area contributed by atoms with Crippen LogP contribution < -0.4 is 21.2 Å². The highest BCUT2D eigenvalue weighted by molar-refractivity contribution is 5.56. The van der Waals surface area contributed by atoms with Gasteiger partial charge in [-0.05, 0) is 23.8 Å². The summed E-state index contributed by atoms with van der Waals surface area (Å²) in [5, 5.41) is 7.24. The molecule has 2 aromatic rings. The van der Waals surface area contributed by atoms with E-state index in [1.165, 1.54) is 7.05 Å². The van der Waals surface area contributed by atoms with E-state index < -0.39 is 11.7 Å². The molecule has 1 aromatic heterocycles. The minimum Gasteiger partial charge on any atom is -0.372 e. The summed E-state index contributed by atoms with van der Waals surface area (Å²) in [7, 11) is 1.38. The van der Waals surface area contributed by atoms with Crippen LogP contribution in [-0.4, -0.2) is 23.6 Å². The zero-order valence-electron chi connectivity index (χ0n) is 14.3. The minimum atomic E-state index is -4.50. The first-order valence-corrected chi connectivity index (χ1v) is 8.01. The molecule has 0 atom stereocenters. The highest BCUT2D eigenvalue weighted by Crippen LogP contribution is 2.33. The second-order valence-electron chi connectivity index (χ2n) is 4.98. The number of nitrogens with one attached hydrogen (secondary N) is 2. The number of rotatable bonds is 3. The van der Waals surface area contributed by atoms with E-state index in [-0.39, 0.29) is 11.8 Å². The molecule has 0 radical (unpaired) electrons. The van der Waals surface area contributed by atoms with Crippen molar-refractivity contribution in [2.75, 3.05) is 24.2 Å². The Labute approximate surface area is 143 Å². The third kappa shape index (κ3) is 4.46. The summed E-state index contributed by atoms with van der Waals surface area (Å²) in [5.41, 5.74) is -0.231. The first kappa shape index (κ1) is 18.7. The van der Waals surface area contributed by atoms with Gasteiger partial charge < -0.3 is 10.6 Å². The van der Waals surface area contributed by atoms with Gasteiger partial charge in [-0.25, -0.2) is 4.98 Å². The van der Waals surface area contributed by atoms with E-state index >= 15 is 0 Å². The summed E-state index contributed by atoms with van der Waals surface area (Å²) in [6, 6.07) is 5.55. The monoisotopic (exact) mass is 351 g/mol. The molecule has 5 nitrogen and oxygen atoms in total. The second kappa shape index (κ2) is 7.96. The highest BCUT2D eigenvalue weighted by Gasteiger charge is 2.35. The molecule has 25 heavy (non-hydrogen) atoms. The largest absolute Gasteiger partial charge is 0.421 e. The lowest BCUT2D eigenvalue weighted by Crippen LogP contribution is -2.28. The number of aromatic nitrogens is 2. The van der Waals surface area contributed by atoms with Crippen LogP contribution in [0.25, 0.3) is 6.08 Å². The van der Waals surface area contributed by atoms with Gasteiger partial charge in [0.25, 0.3) is 0 Å². The van der Waals surface area contributed by atoms with E-state index in [0.717, 1.165) is 29.7 Å². The summed E-state index contributed by atoms with van der Waals surface area (Å²) < 4.78 is 38.5. The highest BCUT2D eigenvalue weighted by atomic mass is 19.4. The molecular weight excluding hydrogens is 331 g/mol. The van der Waals surface area contributed by atoms with Gasteiger partial charge in [0.05, 0.1) is 5.36 Å². The van der Waals surface area contributed by atoms with Crippen LogP contribution >= 0.6 is 0 Å². The molecule has 0 amide bonds. The van der Waals surface area contributed by atoms with Crippen molar-refractivity contribution in [3.63, 3.8) is 0 Å². The molecule has 1 aliphatic rings. The lowest BCUT2D eigenvalue weighted by molar-refractivity contribution is -0.137. The van der Waals surface area contributed by atoms with Crippen LogP contribution in [0, 0.1) is 0 Å². The molecule has 1 aliphatic heterocycles. The number of benzene rings is 1. The third-order valence-corrected chi connectivity index (χ3v) is 3.39. The van der Waals surface area contributed by atoms with Gasteiger partial charge in [-0.15, -0.1) is 0 Å². The van der Waals surface area contributed by atoms with E-state index in [9.17, 15) is 13.2 Å². The standard InChI is InChI=1S/C15H14F3N5.C2H6/c1-19-13-11(15(16,17)18)8-21-14(23-13)22-10-5-4-9-3-2-6-20-12(9)7-10;1-2/h3-5,7-8H,2,6H2,1H3,(H2,19,21,22,23);1-2H3. The maximum absolute atomic E-state index is 12.8. The normalized spacial score (nSPS) is 12.7. The maximum atomic E-state index is 12.8. The van der Waals surface area contributed by atoms with Crippen molar-refractivity contribution in [3.05, 3.63) is 40.5 Å². The fourth-order valence-electron chi connectivity index (χ4n) is 2.31. The van der Waals surface area contributed by atoms with E-state index in [2.05, 4.69) is 31.7 Å². The molecule has 0 aliphatic carbocycles. The lowest BCUT2D eigenvalue weighted by atomic mass is 10.2. The van der Waals surface area contributed by atoms with E-state index in [4.69, 9.17) is 0 Å². The van der Waals surface area contributed by atoms with Gasteiger partial charge in [-0.2, -0.15) is 18.2 Å². The van der Waals surface area contributed by atoms with Crippen molar-refractivity contribution < 1.29 is 13.2 Å². The van der Waals surface area contributed by atoms with Crippen LogP contribution in [0.2, 0.25) is 0 Å². The molecule has 1 aromatic carbocycles. The zero-order chi connectivity index (χ0) is 18.4. The molecule has 134 valence electrons. The fraction of sp³-hybridized carbons (Fsp3) is 0.353. The summed E-state index contributed by atoms with van der Waals surface area (Å²) in [4.78, 5) is 12.0. The number of nitrogens with zero attached hydrogens (tertiary/aromatic N) is 3. The number of fused-ring (bicyclic) bond motifs is 1. The van der Waals surface area contributed by atoms with Crippen molar-refractivity contribution in [1.29, 1.82) is 0 Å². The predicted molar refractivity (Wildman–Crippen MR) is 92.4 cm³/mol. The number of halogens is 3. The number of alkyl halides is 3. The molecule has 3 rings (SSSR count). The van der Waals surface area contributed by atoms with Gasteiger partial charge in [-0.1, -0.05) is 26.0 Å². The smallest absolute Gasteiger partial charge is 0.372 e. The Balaban J connectivity index is 0.00000109. The van der Waals surface area contributed by atoms with Crippen molar-refractivity contribution in [2.45, 2.75) is 26.4 Å². The third-order valence-electron chi connectivity index (χ3n) is 3.39. The van der Waals surface area contributed by atoms with Crippen molar-refractivity contribution in [3.8, 4) is 0 Å². The van der Waals surface area contributed by atoms with E-state index in [1.807, 2.05) is 32.0 Å². The Hall–Kier alpha value is -2.64. The maximum Gasteiger partial charge on any atom is 0.421 e. The Kier molecular flexibility index (Phi) is 5.95. The molecule has 0 bridgehead atoms. The molecule has 0 saturated heterocycles. The molecule has 2 N–H and O–H groups in total. The minimum absolute atomic E-state index is 0.0853. The van der Waals surface area contributed by atoms with Gasteiger partial charge in [0, 0.05) is 25.5 Å². The van der Waals surface area contributed by atoms with Crippen LogP contribution in [0.3, 0.4) is 0 Å². The summed E-state index contributed by atoms with van der Waals surface area (Å²) in [6.07, 6.45) is -0.734. The Bertz CT molecular complexity index is 846. The Morgan fingerprint density at radius 2 is 1.92 bits per heavy atom. The van der Waals surface area contributed by atoms with Crippen LogP contribution in [0.15, 0.2) is 29.4 Å². The second-order valence-corrected chi connectivity index (χ2v) is 4.98. The molecular formula is C17H20F3N5. The fourth-order valence-corrected chi connectivity index (χ4v) is 2.31. The molecule has 0 spiro atoms. The van der Waals surface area contributed by atoms with E-state index in [1.54, 1.807) is 0 Å². The molecule has 0 unspecified atom stereocenters. The van der Waals surface area contributed by atoms with Crippen LogP contribution in [0.4, 0.5) is 30.6 Å². The van der Waals surface area contributed by atoms with Gasteiger partial charge in [0.1, 0.15) is 11.4 Å². The van der Waals surface area contributed by atoms with Crippen molar-refractivity contribution in [1.82, 2.24) is 9.97 Å². The number of anilines is 3. The van der Waals surface area contributed by atoms with Crippen LogP contribution in [0.1, 0.15) is 25.8 Å². The van der Waals surface area contributed by atoms with Gasteiger partial charge in [0.15, 0.2) is 0 Å². The molecule has 0 fully saturated rings. The Morgan fingerprint density at radius 3 is 2.60 bits per heavy atom. The average molecular weight is 351 g/mol. The van der Waals surface area contributed by atoms with Crippen molar-refractivity contribution in [2.24, 2.45) is 4.99 Å². The molecule has 2 heterocycles. The lowest BCUT2D eigenvalue weighted by Gasteiger charge is -2.13. The average Bonchev–Trinajstić information content (AvgIpc) is 2.62. The van der Waals surface area contributed by atoms with E-state index in [0.29, 0.717) is 5.69 Å². The molecule has 0 saturated carbocycles. The number of hydrogen-bond acceptors (Lipinski definition) is 5. The first-order chi connectivity index (χ1) is 12.0. The van der Waals surface area contributed by atoms with Crippen LogP contribution in [0.5, 0.6) is 0 Å². The summed E-state index contributed by atoms with van der Waals surface area (Å²) >= 11 is 0. The first-order valence-electron chi connectivity index (χ1n) is 8.01. The predicted octanol–water partition coefficient (Wildman–Crippen LogP) is 3.11. The summed E-state index contributed by atoms with van der Waals surface area (Å²) in [5.74, 6) is -0.187. The van der Waals surface area contributed by atoms with Crippen molar-refractivity contribution >= 4 is 23.5 Å². The van der Waals surface area contributed by atoms with Gasteiger partial charge in [0.2, 0.25) is 5.95 Å².